The van der Waals surface area contributed by atoms with E-state index in [4.69, 9.17) is 27.9 Å². The van der Waals surface area contributed by atoms with Gasteiger partial charge in [0.25, 0.3) is 5.91 Å². The van der Waals surface area contributed by atoms with Gasteiger partial charge >= 0.3 is 5.97 Å². The Kier molecular flexibility index (Phi) is 9.96. The Morgan fingerprint density at radius 1 is 1.08 bits per heavy atom. The van der Waals surface area contributed by atoms with E-state index in [1.165, 1.54) is 24.9 Å². The number of anilines is 1. The topological polar surface area (TPSA) is 115 Å². The van der Waals surface area contributed by atoms with Crippen molar-refractivity contribution >= 4 is 58.4 Å². The highest BCUT2D eigenvalue weighted by atomic mass is 35.5. The fourth-order valence-corrected chi connectivity index (χ4v) is 4.77. The van der Waals surface area contributed by atoms with Crippen LogP contribution in [-0.4, -0.2) is 45.4 Å². The summed E-state index contributed by atoms with van der Waals surface area (Å²) in [5.74, 6) is -0.392. The number of thioether (sulfide) groups is 1. The number of amides is 2. The Hall–Kier alpha value is -3.08. The van der Waals surface area contributed by atoms with Crippen molar-refractivity contribution in [1.82, 2.24) is 20.1 Å². The molecule has 1 aromatic heterocycles. The van der Waals surface area contributed by atoms with Crippen LogP contribution in [0.15, 0.2) is 47.6 Å². The summed E-state index contributed by atoms with van der Waals surface area (Å²) in [6.07, 6.45) is 0.610. The molecule has 2 aromatic carbocycles. The molecule has 2 N–H and O–H groups in total. The van der Waals surface area contributed by atoms with Gasteiger partial charge in [0.15, 0.2) is 11.0 Å². The van der Waals surface area contributed by atoms with E-state index in [0.717, 1.165) is 0 Å². The molecule has 3 aromatic rings. The molecule has 0 bridgehead atoms. The first-order chi connectivity index (χ1) is 17.6. The van der Waals surface area contributed by atoms with Crippen LogP contribution in [0.4, 0.5) is 5.69 Å². The van der Waals surface area contributed by atoms with Crippen molar-refractivity contribution in [2.75, 3.05) is 18.2 Å². The van der Waals surface area contributed by atoms with Crippen molar-refractivity contribution in [3.8, 4) is 0 Å². The largest absolute Gasteiger partial charge is 0.465 e. The first kappa shape index (κ1) is 28.5. The molecular weight excluding hydrogens is 537 g/mol. The van der Waals surface area contributed by atoms with Gasteiger partial charge in [-0.3, -0.25) is 9.59 Å². The van der Waals surface area contributed by atoms with Crippen LogP contribution in [0.3, 0.4) is 0 Å². The smallest absolute Gasteiger partial charge is 0.339 e. The van der Waals surface area contributed by atoms with Crippen LogP contribution in [0.1, 0.15) is 52.9 Å². The van der Waals surface area contributed by atoms with Crippen LogP contribution in [-0.2, 0) is 16.6 Å². The van der Waals surface area contributed by atoms with Gasteiger partial charge in [0.1, 0.15) is 0 Å². The van der Waals surface area contributed by atoms with Gasteiger partial charge in [0.2, 0.25) is 5.91 Å². The fraction of sp³-hybridized carbons (Fsp3) is 0.320. The number of hydrogen-bond acceptors (Lipinski definition) is 7. The van der Waals surface area contributed by atoms with E-state index >= 15 is 0 Å². The number of esters is 1. The summed E-state index contributed by atoms with van der Waals surface area (Å²) in [6, 6.07) is 10.8. The van der Waals surface area contributed by atoms with Crippen molar-refractivity contribution < 1.29 is 19.1 Å². The molecule has 0 aliphatic heterocycles. The second-order valence-electron chi connectivity index (χ2n) is 8.55. The number of rotatable bonds is 10. The highest BCUT2D eigenvalue weighted by Gasteiger charge is 2.25. The Morgan fingerprint density at radius 3 is 2.49 bits per heavy atom. The maximum Gasteiger partial charge on any atom is 0.339 e. The third kappa shape index (κ3) is 7.47. The minimum absolute atomic E-state index is 0.0308. The van der Waals surface area contributed by atoms with E-state index in [9.17, 15) is 14.4 Å². The number of methoxy groups -OCH3 is 1. The number of para-hydroxylation sites is 1. The van der Waals surface area contributed by atoms with E-state index < -0.39 is 12.0 Å². The van der Waals surface area contributed by atoms with Gasteiger partial charge in [-0.25, -0.2) is 4.79 Å². The highest BCUT2D eigenvalue weighted by molar-refractivity contribution is 7.99. The number of aromatic nitrogens is 3. The molecule has 0 saturated carbocycles. The summed E-state index contributed by atoms with van der Waals surface area (Å²) in [6.45, 7) is 4.08. The van der Waals surface area contributed by atoms with Gasteiger partial charge in [-0.15, -0.1) is 10.2 Å². The van der Waals surface area contributed by atoms with Gasteiger partial charge < -0.3 is 19.9 Å². The molecule has 0 unspecified atom stereocenters. The Morgan fingerprint density at radius 2 is 1.81 bits per heavy atom. The number of carbonyl (C=O) groups excluding carboxylic acids is 3. The van der Waals surface area contributed by atoms with E-state index in [2.05, 4.69) is 20.8 Å². The SMILES string of the molecule is COC(=O)c1ccccc1NC(=O)CSc1nnc([C@@H](CC(C)C)NC(=O)c2ccc(Cl)cc2Cl)n1C. The minimum atomic E-state index is -0.542. The zero-order chi connectivity index (χ0) is 27.1. The predicted octanol–water partition coefficient (Wildman–Crippen LogP) is 5.16. The second-order valence-corrected chi connectivity index (χ2v) is 10.3. The van der Waals surface area contributed by atoms with Crippen LogP contribution >= 0.6 is 35.0 Å². The summed E-state index contributed by atoms with van der Waals surface area (Å²) in [5, 5.41) is 15.4. The average Bonchev–Trinajstić information content (AvgIpc) is 3.21. The summed E-state index contributed by atoms with van der Waals surface area (Å²) in [7, 11) is 3.05. The van der Waals surface area contributed by atoms with Crippen LogP contribution in [0.25, 0.3) is 0 Å². The van der Waals surface area contributed by atoms with Gasteiger partial charge in [0, 0.05) is 12.1 Å². The van der Waals surface area contributed by atoms with Crippen LogP contribution < -0.4 is 10.6 Å². The highest BCUT2D eigenvalue weighted by Crippen LogP contribution is 2.26. The lowest BCUT2D eigenvalue weighted by atomic mass is 10.0. The van der Waals surface area contributed by atoms with Gasteiger partial charge in [-0.1, -0.05) is 60.9 Å². The quantitative estimate of drug-likeness (QED) is 0.258. The number of benzene rings is 2. The lowest BCUT2D eigenvalue weighted by Crippen LogP contribution is -2.31. The third-order valence-electron chi connectivity index (χ3n) is 5.31. The molecule has 1 heterocycles. The molecule has 0 aliphatic rings. The fourth-order valence-electron chi connectivity index (χ4n) is 3.56. The summed E-state index contributed by atoms with van der Waals surface area (Å²) in [4.78, 5) is 37.5. The van der Waals surface area contributed by atoms with E-state index in [1.54, 1.807) is 48.0 Å². The third-order valence-corrected chi connectivity index (χ3v) is 6.88. The summed E-state index contributed by atoms with van der Waals surface area (Å²) in [5.41, 5.74) is 0.928. The van der Waals surface area contributed by atoms with Gasteiger partial charge in [0.05, 0.1) is 40.7 Å². The number of nitrogens with zero attached hydrogens (tertiary/aromatic N) is 3. The molecule has 0 spiro atoms. The molecule has 9 nitrogen and oxygen atoms in total. The number of carbonyl (C=O) groups is 3. The number of halogens is 2. The normalized spacial score (nSPS) is 11.8. The Balaban J connectivity index is 1.71. The van der Waals surface area contributed by atoms with E-state index in [0.29, 0.717) is 33.7 Å². The maximum absolute atomic E-state index is 13.0. The molecule has 12 heteroatoms. The number of nitrogens with one attached hydrogen (secondary N) is 2. The molecule has 0 saturated heterocycles. The van der Waals surface area contributed by atoms with Gasteiger partial charge in [-0.05, 0) is 42.7 Å². The second kappa shape index (κ2) is 12.9. The Bertz CT molecular complexity index is 1300. The lowest BCUT2D eigenvalue weighted by Gasteiger charge is -2.20. The Labute approximate surface area is 229 Å². The maximum atomic E-state index is 13.0. The van der Waals surface area contributed by atoms with Crippen LogP contribution in [0, 0.1) is 5.92 Å². The van der Waals surface area contributed by atoms with Crippen molar-refractivity contribution in [3.05, 3.63) is 69.5 Å². The van der Waals surface area contributed by atoms with Crippen LogP contribution in [0.2, 0.25) is 10.0 Å². The molecule has 3 rings (SSSR count). The first-order valence-corrected chi connectivity index (χ1v) is 13.1. The average molecular weight is 564 g/mol. The summed E-state index contributed by atoms with van der Waals surface area (Å²) >= 11 is 13.3. The predicted molar refractivity (Wildman–Crippen MR) is 144 cm³/mol. The standard InChI is InChI=1S/C25H27Cl2N5O4S/c1-14(2)11-20(29-23(34)16-10-9-15(26)12-18(16)27)22-30-31-25(32(22)3)37-13-21(33)28-19-8-6-5-7-17(19)24(35)36-4/h5-10,12,14,20H,11,13H2,1-4H3,(H,28,33)(H,29,34)/t20-/m1/s1. The van der Waals surface area contributed by atoms with Crippen molar-refractivity contribution in [1.29, 1.82) is 0 Å². The molecular formula is C25H27Cl2N5O4S. The van der Waals surface area contributed by atoms with E-state index in [1.807, 2.05) is 13.8 Å². The zero-order valence-electron chi connectivity index (χ0n) is 20.7. The van der Waals surface area contributed by atoms with Crippen molar-refractivity contribution in [2.45, 2.75) is 31.5 Å². The van der Waals surface area contributed by atoms with Crippen LogP contribution in [0.5, 0.6) is 0 Å². The zero-order valence-corrected chi connectivity index (χ0v) is 23.1. The summed E-state index contributed by atoms with van der Waals surface area (Å²) < 4.78 is 6.51. The van der Waals surface area contributed by atoms with E-state index in [-0.39, 0.29) is 34.1 Å². The number of ether oxygens (including phenoxy) is 1. The van der Waals surface area contributed by atoms with Gasteiger partial charge in [-0.2, -0.15) is 0 Å². The van der Waals surface area contributed by atoms with Crippen molar-refractivity contribution in [3.63, 3.8) is 0 Å². The molecule has 1 atom stereocenters. The minimum Gasteiger partial charge on any atom is -0.465 e. The number of hydrogen-bond donors (Lipinski definition) is 2. The lowest BCUT2D eigenvalue weighted by molar-refractivity contribution is -0.113. The molecule has 0 radical (unpaired) electrons. The first-order valence-electron chi connectivity index (χ1n) is 11.4. The molecule has 0 aliphatic carbocycles. The molecule has 37 heavy (non-hydrogen) atoms. The van der Waals surface area contributed by atoms with Crippen molar-refractivity contribution in [2.24, 2.45) is 13.0 Å². The molecule has 0 fully saturated rings. The molecule has 196 valence electrons. The monoisotopic (exact) mass is 563 g/mol. The molecule has 2 amide bonds.